The van der Waals surface area contributed by atoms with Crippen LogP contribution in [0.4, 0.5) is 17.3 Å². The van der Waals surface area contributed by atoms with Crippen molar-refractivity contribution < 1.29 is 9.47 Å². The molecule has 1 N–H and O–H groups in total. The van der Waals surface area contributed by atoms with Crippen molar-refractivity contribution >= 4 is 28.6 Å². The highest BCUT2D eigenvalue weighted by Gasteiger charge is 2.20. The monoisotopic (exact) mass is 468 g/mol. The molecule has 4 heterocycles. The van der Waals surface area contributed by atoms with Crippen molar-refractivity contribution in [3.8, 4) is 0 Å². The van der Waals surface area contributed by atoms with Crippen LogP contribution in [0.3, 0.4) is 0 Å². The second-order valence-electron chi connectivity index (χ2n) is 8.96. The quantitative estimate of drug-likeness (QED) is 0.583. The molecule has 0 spiro atoms. The lowest BCUT2D eigenvalue weighted by molar-refractivity contribution is 0.283. The third kappa shape index (κ3) is 4.52. The van der Waals surface area contributed by atoms with Gasteiger partial charge in [0.15, 0.2) is 11.5 Å². The molecule has 0 unspecified atom stereocenters. The lowest BCUT2D eigenvalue weighted by atomic mass is 10.0. The van der Waals surface area contributed by atoms with Crippen LogP contribution in [0.1, 0.15) is 18.5 Å². The Morgan fingerprint density at radius 3 is 2.57 bits per heavy atom. The van der Waals surface area contributed by atoms with Crippen molar-refractivity contribution in [1.82, 2.24) is 19.5 Å². The highest BCUT2D eigenvalue weighted by Crippen LogP contribution is 2.31. The van der Waals surface area contributed by atoms with Gasteiger partial charge in [-0.15, -0.1) is 5.10 Å². The second kappa shape index (κ2) is 9.31. The van der Waals surface area contributed by atoms with Crippen LogP contribution in [0.5, 0.6) is 0 Å². The molecule has 8 nitrogen and oxygen atoms in total. The Hall–Kier alpha value is -4.04. The maximum Gasteiger partial charge on any atom is 0.245 e. The maximum atomic E-state index is 6.20. The number of fused-ring (bicyclic) bond motifs is 1. The Balaban J connectivity index is 1.19. The fourth-order valence-corrected chi connectivity index (χ4v) is 4.48. The minimum absolute atomic E-state index is 0.510. The van der Waals surface area contributed by atoms with Crippen molar-refractivity contribution in [2.75, 3.05) is 43.4 Å². The third-order valence-corrected chi connectivity index (χ3v) is 6.54. The lowest BCUT2D eigenvalue weighted by Gasteiger charge is -2.34. The van der Waals surface area contributed by atoms with E-state index in [0.717, 1.165) is 67.3 Å². The SMILES string of the molecule is CN1CCN(c2ccc(Nc3ncc4ccc(C5=COC=C(C6=CC=CCC6)O5)n4n3)cc2)CC1. The first-order chi connectivity index (χ1) is 17.2. The van der Waals surface area contributed by atoms with Crippen molar-refractivity contribution in [3.63, 3.8) is 0 Å². The van der Waals surface area contributed by atoms with Crippen molar-refractivity contribution in [3.05, 3.63) is 90.4 Å². The summed E-state index contributed by atoms with van der Waals surface area (Å²) >= 11 is 0. The van der Waals surface area contributed by atoms with E-state index >= 15 is 0 Å². The molecule has 1 aliphatic carbocycles. The normalized spacial score (nSPS) is 18.4. The van der Waals surface area contributed by atoms with Crippen molar-refractivity contribution in [2.45, 2.75) is 12.8 Å². The van der Waals surface area contributed by atoms with E-state index < -0.39 is 0 Å². The molecular formula is C27H28N6O2. The number of ether oxygens (including phenoxy) is 2. The van der Waals surface area contributed by atoms with Gasteiger partial charge in [-0.05, 0) is 61.9 Å². The summed E-state index contributed by atoms with van der Waals surface area (Å²) in [7, 11) is 2.17. The van der Waals surface area contributed by atoms with Crippen LogP contribution in [-0.2, 0) is 9.47 Å². The molecule has 1 aromatic carbocycles. The van der Waals surface area contributed by atoms with Crippen LogP contribution in [0, 0.1) is 0 Å². The Morgan fingerprint density at radius 2 is 1.77 bits per heavy atom. The van der Waals surface area contributed by atoms with Gasteiger partial charge in [0.2, 0.25) is 5.95 Å². The Morgan fingerprint density at radius 1 is 0.943 bits per heavy atom. The number of likely N-dealkylation sites (N-methyl/N-ethyl adjacent to an activating group) is 1. The zero-order valence-electron chi connectivity index (χ0n) is 19.7. The molecule has 0 saturated carbocycles. The summed E-state index contributed by atoms with van der Waals surface area (Å²) in [4.78, 5) is 9.27. The van der Waals surface area contributed by atoms with E-state index in [-0.39, 0.29) is 0 Å². The number of nitrogens with zero attached hydrogens (tertiary/aromatic N) is 5. The lowest BCUT2D eigenvalue weighted by Crippen LogP contribution is -2.44. The molecule has 0 amide bonds. The van der Waals surface area contributed by atoms with Gasteiger partial charge in [-0.2, -0.15) is 0 Å². The largest absolute Gasteiger partial charge is 0.465 e. The first kappa shape index (κ1) is 21.5. The number of benzene rings is 1. The Labute approximate surface area is 204 Å². The molecule has 0 bridgehead atoms. The molecule has 0 radical (unpaired) electrons. The summed E-state index contributed by atoms with van der Waals surface area (Å²) in [5.74, 6) is 1.85. The zero-order valence-corrected chi connectivity index (χ0v) is 19.7. The van der Waals surface area contributed by atoms with E-state index in [0.29, 0.717) is 11.7 Å². The number of hydrogen-bond acceptors (Lipinski definition) is 7. The fourth-order valence-electron chi connectivity index (χ4n) is 4.48. The topological polar surface area (TPSA) is 67.2 Å². The minimum atomic E-state index is 0.510. The highest BCUT2D eigenvalue weighted by molar-refractivity contribution is 5.65. The molecule has 6 rings (SSSR count). The van der Waals surface area contributed by atoms with Gasteiger partial charge in [-0.3, -0.25) is 0 Å². The fraction of sp³-hybridized carbons (Fsp3) is 0.259. The molecular weight excluding hydrogens is 440 g/mol. The average Bonchev–Trinajstić information content (AvgIpc) is 3.34. The van der Waals surface area contributed by atoms with E-state index in [1.165, 1.54) is 5.69 Å². The zero-order chi connectivity index (χ0) is 23.6. The summed E-state index contributed by atoms with van der Waals surface area (Å²) in [6, 6.07) is 12.4. The molecule has 178 valence electrons. The van der Waals surface area contributed by atoms with Gasteiger partial charge in [-0.25, -0.2) is 9.50 Å². The number of rotatable bonds is 5. The van der Waals surface area contributed by atoms with E-state index in [4.69, 9.17) is 14.6 Å². The Bertz CT molecular complexity index is 1340. The number of aromatic nitrogens is 3. The average molecular weight is 469 g/mol. The summed E-state index contributed by atoms with van der Waals surface area (Å²) in [6.45, 7) is 4.27. The smallest absolute Gasteiger partial charge is 0.245 e. The molecule has 2 aliphatic heterocycles. The highest BCUT2D eigenvalue weighted by atomic mass is 16.5. The summed E-state index contributed by atoms with van der Waals surface area (Å²) in [5.41, 5.74) is 4.97. The van der Waals surface area contributed by atoms with E-state index in [2.05, 4.69) is 69.6 Å². The number of nitrogens with one attached hydrogen (secondary N) is 1. The first-order valence-electron chi connectivity index (χ1n) is 12.0. The molecule has 3 aromatic rings. The van der Waals surface area contributed by atoms with Gasteiger partial charge < -0.3 is 24.6 Å². The first-order valence-corrected chi connectivity index (χ1v) is 12.0. The summed E-state index contributed by atoms with van der Waals surface area (Å²) in [5, 5.41) is 8.04. The Kier molecular flexibility index (Phi) is 5.71. The number of hydrogen-bond donors (Lipinski definition) is 1. The second-order valence-corrected chi connectivity index (χ2v) is 8.96. The predicted molar refractivity (Wildman–Crippen MR) is 137 cm³/mol. The maximum absolute atomic E-state index is 6.20. The molecule has 0 atom stereocenters. The van der Waals surface area contributed by atoms with Gasteiger partial charge in [0.1, 0.15) is 18.2 Å². The molecule has 2 aromatic heterocycles. The van der Waals surface area contributed by atoms with Gasteiger partial charge in [-0.1, -0.05) is 18.2 Å². The summed E-state index contributed by atoms with van der Waals surface area (Å²) in [6.07, 6.45) is 13.3. The minimum Gasteiger partial charge on any atom is -0.465 e. The number of allylic oxidation sites excluding steroid dienone is 4. The molecule has 1 saturated heterocycles. The van der Waals surface area contributed by atoms with E-state index in [9.17, 15) is 0 Å². The van der Waals surface area contributed by atoms with Gasteiger partial charge >= 0.3 is 0 Å². The van der Waals surface area contributed by atoms with Gasteiger partial charge in [0, 0.05) is 37.6 Å². The van der Waals surface area contributed by atoms with Gasteiger partial charge in [0.05, 0.1) is 11.7 Å². The van der Waals surface area contributed by atoms with Crippen molar-refractivity contribution in [1.29, 1.82) is 0 Å². The molecule has 3 aliphatic rings. The van der Waals surface area contributed by atoms with E-state index in [1.807, 2.05) is 16.6 Å². The number of anilines is 3. The van der Waals surface area contributed by atoms with Crippen LogP contribution >= 0.6 is 0 Å². The third-order valence-electron chi connectivity index (χ3n) is 6.54. The van der Waals surface area contributed by atoms with Crippen molar-refractivity contribution in [2.24, 2.45) is 0 Å². The standard InChI is InChI=1S/C27H28N6O2/c1-31-13-15-32(16-14-31)22-9-7-21(8-10-22)29-27-28-17-23-11-12-24(33(23)30-27)26-19-34-18-25(35-26)20-5-3-2-4-6-20/h2-3,5,7-12,17-19H,4,6,13-16H2,1H3,(H,29,30). The predicted octanol–water partition coefficient (Wildman–Crippen LogP) is 4.69. The van der Waals surface area contributed by atoms with Crippen LogP contribution in [0.25, 0.3) is 11.3 Å². The van der Waals surface area contributed by atoms with Gasteiger partial charge in [0.25, 0.3) is 0 Å². The van der Waals surface area contributed by atoms with Crippen LogP contribution < -0.4 is 10.2 Å². The number of piperazine rings is 1. The molecule has 8 heteroatoms. The van der Waals surface area contributed by atoms with E-state index in [1.54, 1.807) is 18.7 Å². The molecule has 35 heavy (non-hydrogen) atoms. The van der Waals surface area contributed by atoms with Crippen LogP contribution in [0.2, 0.25) is 0 Å². The van der Waals surface area contributed by atoms with Crippen LogP contribution in [-0.4, -0.2) is 52.7 Å². The van der Waals surface area contributed by atoms with Crippen LogP contribution in [0.15, 0.2) is 84.7 Å². The molecule has 1 fully saturated rings. The summed E-state index contributed by atoms with van der Waals surface area (Å²) < 4.78 is 13.6.